The normalized spacial score (nSPS) is 11.3. The molecule has 0 radical (unpaired) electrons. The van der Waals surface area contributed by atoms with Gasteiger partial charge in [0.05, 0.1) is 0 Å². The molecule has 2 aromatic rings. The SMILES string of the molecule is CC(C)(C)c1nc(NN)cc(NCc2ccc(Cl)cc2)n1. The molecule has 4 N–H and O–H groups in total. The predicted octanol–water partition coefficient (Wildman–Crippen LogP) is 3.33. The van der Waals surface area contributed by atoms with Crippen molar-refractivity contribution in [1.82, 2.24) is 9.97 Å². The molecule has 1 aromatic carbocycles. The zero-order chi connectivity index (χ0) is 15.5. The summed E-state index contributed by atoms with van der Waals surface area (Å²) in [5.41, 5.74) is 3.55. The van der Waals surface area contributed by atoms with E-state index in [1.54, 1.807) is 6.07 Å². The van der Waals surface area contributed by atoms with Crippen LogP contribution in [-0.4, -0.2) is 9.97 Å². The van der Waals surface area contributed by atoms with E-state index in [0.29, 0.717) is 12.4 Å². The monoisotopic (exact) mass is 305 g/mol. The minimum Gasteiger partial charge on any atom is -0.366 e. The number of nitrogens with two attached hydrogens (primary N) is 1. The first kappa shape index (κ1) is 15.5. The number of rotatable bonds is 4. The number of nitrogens with one attached hydrogen (secondary N) is 2. The Hall–Kier alpha value is -1.85. The van der Waals surface area contributed by atoms with Crippen molar-refractivity contribution >= 4 is 23.2 Å². The van der Waals surface area contributed by atoms with Crippen LogP contribution >= 0.6 is 11.6 Å². The van der Waals surface area contributed by atoms with E-state index in [1.165, 1.54) is 0 Å². The van der Waals surface area contributed by atoms with Gasteiger partial charge in [-0.15, -0.1) is 0 Å². The fraction of sp³-hybridized carbons (Fsp3) is 0.333. The molecule has 0 atom stereocenters. The number of hydrazine groups is 1. The Morgan fingerprint density at radius 2 is 1.71 bits per heavy atom. The second-order valence-corrected chi connectivity index (χ2v) is 6.27. The molecule has 5 nitrogen and oxygen atoms in total. The number of halogens is 1. The number of nitrogens with zero attached hydrogens (tertiary/aromatic N) is 2. The summed E-state index contributed by atoms with van der Waals surface area (Å²) in [6, 6.07) is 9.47. The third-order valence-electron chi connectivity index (χ3n) is 2.93. The molecule has 0 aliphatic carbocycles. The van der Waals surface area contributed by atoms with Gasteiger partial charge in [-0.1, -0.05) is 44.5 Å². The summed E-state index contributed by atoms with van der Waals surface area (Å²) < 4.78 is 0. The molecule has 112 valence electrons. The van der Waals surface area contributed by atoms with Crippen LogP contribution in [0, 0.1) is 0 Å². The molecule has 0 saturated carbocycles. The third kappa shape index (κ3) is 4.31. The standard InChI is InChI=1S/C15H20ClN5/c1-15(2,3)14-19-12(8-13(20-14)21-17)18-9-10-4-6-11(16)7-5-10/h4-8H,9,17H2,1-3H3,(H2,18,19,20,21). The fourth-order valence-corrected chi connectivity index (χ4v) is 1.87. The van der Waals surface area contributed by atoms with Crippen molar-refractivity contribution in [3.8, 4) is 0 Å². The summed E-state index contributed by atoms with van der Waals surface area (Å²) in [5, 5.41) is 4.01. The highest BCUT2D eigenvalue weighted by Crippen LogP contribution is 2.22. The Morgan fingerprint density at radius 1 is 1.10 bits per heavy atom. The van der Waals surface area contributed by atoms with Gasteiger partial charge in [-0.05, 0) is 17.7 Å². The van der Waals surface area contributed by atoms with E-state index in [9.17, 15) is 0 Å². The summed E-state index contributed by atoms with van der Waals surface area (Å²) in [4.78, 5) is 8.93. The van der Waals surface area contributed by atoms with Gasteiger partial charge in [0.2, 0.25) is 0 Å². The van der Waals surface area contributed by atoms with Crippen molar-refractivity contribution in [3.63, 3.8) is 0 Å². The molecule has 6 heteroatoms. The number of nitrogen functional groups attached to an aromatic ring is 1. The van der Waals surface area contributed by atoms with Gasteiger partial charge in [0, 0.05) is 23.0 Å². The van der Waals surface area contributed by atoms with Crippen LogP contribution in [0.3, 0.4) is 0 Å². The minimum absolute atomic E-state index is 0.149. The molecular weight excluding hydrogens is 286 g/mol. The Bertz CT molecular complexity index is 604. The van der Waals surface area contributed by atoms with Gasteiger partial charge in [-0.3, -0.25) is 0 Å². The van der Waals surface area contributed by atoms with Crippen molar-refractivity contribution in [3.05, 3.63) is 46.7 Å². The Kier molecular flexibility index (Phi) is 4.65. The van der Waals surface area contributed by atoms with Crippen LogP contribution in [0.1, 0.15) is 32.2 Å². The van der Waals surface area contributed by atoms with Gasteiger partial charge in [-0.2, -0.15) is 0 Å². The van der Waals surface area contributed by atoms with E-state index in [4.69, 9.17) is 17.4 Å². The van der Waals surface area contributed by atoms with Crippen molar-refractivity contribution < 1.29 is 0 Å². The quantitative estimate of drug-likeness (QED) is 0.597. The predicted molar refractivity (Wildman–Crippen MR) is 87.3 cm³/mol. The summed E-state index contributed by atoms with van der Waals surface area (Å²) >= 11 is 5.88. The summed E-state index contributed by atoms with van der Waals surface area (Å²) in [5.74, 6) is 7.53. The summed E-state index contributed by atoms with van der Waals surface area (Å²) in [6.07, 6.45) is 0. The Morgan fingerprint density at radius 3 is 2.29 bits per heavy atom. The smallest absolute Gasteiger partial charge is 0.145 e. The topological polar surface area (TPSA) is 75.9 Å². The van der Waals surface area contributed by atoms with E-state index in [-0.39, 0.29) is 5.41 Å². The average Bonchev–Trinajstić information content (AvgIpc) is 2.45. The van der Waals surface area contributed by atoms with Gasteiger partial charge >= 0.3 is 0 Å². The Labute approximate surface area is 129 Å². The van der Waals surface area contributed by atoms with Crippen molar-refractivity contribution in [1.29, 1.82) is 0 Å². The maximum atomic E-state index is 5.88. The largest absolute Gasteiger partial charge is 0.366 e. The lowest BCUT2D eigenvalue weighted by atomic mass is 9.96. The number of benzene rings is 1. The number of hydrogen-bond donors (Lipinski definition) is 3. The van der Waals surface area contributed by atoms with Crippen LogP contribution in [0.15, 0.2) is 30.3 Å². The van der Waals surface area contributed by atoms with E-state index < -0.39 is 0 Å². The molecule has 0 saturated heterocycles. The van der Waals surface area contributed by atoms with E-state index in [1.807, 2.05) is 24.3 Å². The zero-order valence-corrected chi connectivity index (χ0v) is 13.2. The van der Waals surface area contributed by atoms with Crippen molar-refractivity contribution in [2.24, 2.45) is 5.84 Å². The molecule has 0 bridgehead atoms. The van der Waals surface area contributed by atoms with E-state index >= 15 is 0 Å². The Balaban J connectivity index is 2.17. The average molecular weight is 306 g/mol. The lowest BCUT2D eigenvalue weighted by molar-refractivity contribution is 0.546. The molecule has 2 rings (SSSR count). The zero-order valence-electron chi connectivity index (χ0n) is 12.4. The van der Waals surface area contributed by atoms with Crippen LogP contribution in [-0.2, 0) is 12.0 Å². The highest BCUT2D eigenvalue weighted by Gasteiger charge is 2.19. The van der Waals surface area contributed by atoms with Crippen molar-refractivity contribution in [2.45, 2.75) is 32.7 Å². The highest BCUT2D eigenvalue weighted by atomic mass is 35.5. The van der Waals surface area contributed by atoms with Crippen LogP contribution in [0.2, 0.25) is 5.02 Å². The molecule has 0 amide bonds. The van der Waals surface area contributed by atoms with E-state index in [2.05, 4.69) is 41.5 Å². The molecule has 0 spiro atoms. The van der Waals surface area contributed by atoms with Crippen LogP contribution in [0.5, 0.6) is 0 Å². The first-order valence-electron chi connectivity index (χ1n) is 6.73. The number of aromatic nitrogens is 2. The summed E-state index contributed by atoms with van der Waals surface area (Å²) in [6.45, 7) is 6.84. The minimum atomic E-state index is -0.149. The molecular formula is C15H20ClN5. The van der Waals surface area contributed by atoms with Crippen LogP contribution < -0.4 is 16.6 Å². The lowest BCUT2D eigenvalue weighted by Gasteiger charge is -2.18. The van der Waals surface area contributed by atoms with Crippen LogP contribution in [0.4, 0.5) is 11.6 Å². The fourth-order valence-electron chi connectivity index (χ4n) is 1.74. The number of hydrogen-bond acceptors (Lipinski definition) is 5. The molecule has 1 heterocycles. The molecule has 0 fully saturated rings. The maximum Gasteiger partial charge on any atom is 0.145 e. The van der Waals surface area contributed by atoms with Gasteiger partial charge in [-0.25, -0.2) is 15.8 Å². The third-order valence-corrected chi connectivity index (χ3v) is 3.18. The summed E-state index contributed by atoms with van der Waals surface area (Å²) in [7, 11) is 0. The first-order chi connectivity index (χ1) is 9.88. The van der Waals surface area contributed by atoms with Gasteiger partial charge in [0.1, 0.15) is 17.5 Å². The second kappa shape index (κ2) is 6.28. The number of anilines is 2. The molecule has 0 aliphatic rings. The second-order valence-electron chi connectivity index (χ2n) is 5.84. The highest BCUT2D eigenvalue weighted by molar-refractivity contribution is 6.30. The van der Waals surface area contributed by atoms with Crippen LogP contribution in [0.25, 0.3) is 0 Å². The van der Waals surface area contributed by atoms with Crippen molar-refractivity contribution in [2.75, 3.05) is 10.7 Å². The molecule has 1 aromatic heterocycles. The molecule has 21 heavy (non-hydrogen) atoms. The lowest BCUT2D eigenvalue weighted by Crippen LogP contribution is -2.20. The van der Waals surface area contributed by atoms with Gasteiger partial charge < -0.3 is 10.7 Å². The van der Waals surface area contributed by atoms with Gasteiger partial charge in [0.15, 0.2) is 0 Å². The van der Waals surface area contributed by atoms with E-state index in [0.717, 1.165) is 22.2 Å². The molecule has 0 unspecified atom stereocenters. The molecule has 0 aliphatic heterocycles. The van der Waals surface area contributed by atoms with Gasteiger partial charge in [0.25, 0.3) is 0 Å². The first-order valence-corrected chi connectivity index (χ1v) is 7.11. The maximum absolute atomic E-state index is 5.88.